The Labute approximate surface area is 518 Å². The summed E-state index contributed by atoms with van der Waals surface area (Å²) < 4.78 is 0. The van der Waals surface area contributed by atoms with Crippen LogP contribution in [0.2, 0.25) is 0 Å². The van der Waals surface area contributed by atoms with Crippen LogP contribution in [0.1, 0.15) is 74.8 Å². The fourth-order valence-corrected chi connectivity index (χ4v) is 12.5. The number of carbonyl (C=O) groups excluding carboxylic acids is 4. The minimum Gasteiger partial charge on any atom is -0.397 e. The number of benzene rings is 12. The molecule has 0 aliphatic heterocycles. The third-order valence-electron chi connectivity index (χ3n) is 16.5. The molecule has 436 valence electrons. The summed E-state index contributed by atoms with van der Waals surface area (Å²) in [6.45, 7) is 12.2. The largest absolute Gasteiger partial charge is 0.397 e. The summed E-state index contributed by atoms with van der Waals surface area (Å²) in [5.74, 6) is -1.48. The van der Waals surface area contributed by atoms with Crippen molar-refractivity contribution in [3.8, 4) is 45.0 Å². The van der Waals surface area contributed by atoms with Gasteiger partial charge in [-0.2, -0.15) is 0 Å². The van der Waals surface area contributed by atoms with Gasteiger partial charge >= 0.3 is 0 Å². The van der Waals surface area contributed by atoms with Gasteiger partial charge in [-0.15, -0.1) is 0 Å². The van der Waals surface area contributed by atoms with Gasteiger partial charge < -0.3 is 22.9 Å². The summed E-state index contributed by atoms with van der Waals surface area (Å²) in [5, 5.41) is 8.74. The Bertz CT molecular complexity index is 5200. The molecule has 0 bridgehead atoms. The molecule has 0 unspecified atom stereocenters. The Morgan fingerprint density at radius 3 is 0.789 bits per heavy atom. The Hall–Kier alpha value is -11.8. The van der Waals surface area contributed by atoms with Crippen molar-refractivity contribution in [2.75, 3.05) is 22.9 Å². The lowest BCUT2D eigenvalue weighted by atomic mass is 9.99. The lowest BCUT2D eigenvalue weighted by Gasteiger charge is -2.05. The third kappa shape index (κ3) is 10.3. The number of hydrogen-bond donors (Lipinski definition) is 4. The lowest BCUT2D eigenvalue weighted by molar-refractivity contribution is 0.0825. The molecule has 2 aromatic heterocycles. The van der Waals surface area contributed by atoms with Gasteiger partial charge in [0.1, 0.15) is 0 Å². The first kappa shape index (κ1) is 57.3. The second-order valence-electron chi connectivity index (χ2n) is 23.3. The zero-order valence-corrected chi connectivity index (χ0v) is 50.4. The van der Waals surface area contributed by atoms with Crippen LogP contribution in [-0.2, 0) is 0 Å². The van der Waals surface area contributed by atoms with Crippen LogP contribution >= 0.6 is 0 Å². The predicted molar refractivity (Wildman–Crippen MR) is 367 cm³/mol. The Morgan fingerprint density at radius 2 is 0.467 bits per heavy atom. The molecule has 0 spiro atoms. The SMILES string of the molecule is Cc1cc2c3c(cc(C)cc3c1)-c1nc3ccccc3nc1-2.Cc1cc2c3c(cc(C)cc3c1)C(=O)C2=O.Cc1cc2c3c(cccc3c1)-c1nc3ccccc3nc1-2.Cc1cc2c3c(cccc3c1)C(=O)C2=O.Nc1ccccc1N.Nc1ccccc1N. The molecule has 8 N–H and O–H groups in total. The molecule has 12 aromatic carbocycles. The monoisotopic (exact) mass is 1170 g/mol. The number of nitrogens with two attached hydrogens (primary N) is 4. The number of anilines is 4. The second kappa shape index (κ2) is 22.8. The van der Waals surface area contributed by atoms with E-state index >= 15 is 0 Å². The van der Waals surface area contributed by atoms with E-state index in [1.807, 2.05) is 124 Å². The van der Waals surface area contributed by atoms with Crippen LogP contribution in [0.3, 0.4) is 0 Å². The molecule has 0 atom stereocenters. The Morgan fingerprint density at radius 1 is 0.233 bits per heavy atom. The molecule has 0 amide bonds. The van der Waals surface area contributed by atoms with Gasteiger partial charge in [0.25, 0.3) is 0 Å². The van der Waals surface area contributed by atoms with Gasteiger partial charge in [0.2, 0.25) is 23.1 Å². The van der Waals surface area contributed by atoms with Crippen molar-refractivity contribution in [3.05, 3.63) is 262 Å². The smallest absolute Gasteiger partial charge is 0.234 e. The van der Waals surface area contributed by atoms with Crippen molar-refractivity contribution in [1.29, 1.82) is 0 Å². The van der Waals surface area contributed by atoms with Gasteiger partial charge in [0.05, 0.1) is 67.6 Å². The highest BCUT2D eigenvalue weighted by molar-refractivity contribution is 6.58. The number of fused-ring (bicyclic) bond motifs is 8. The number of aryl methyl sites for hydroxylation is 6. The van der Waals surface area contributed by atoms with Crippen molar-refractivity contribution in [2.24, 2.45) is 0 Å². The van der Waals surface area contributed by atoms with Crippen molar-refractivity contribution >= 4 is 111 Å². The first-order chi connectivity index (χ1) is 43.4. The minimum absolute atomic E-state index is 0.366. The molecule has 90 heavy (non-hydrogen) atoms. The number of carbonyl (C=O) groups is 4. The molecule has 0 saturated heterocycles. The van der Waals surface area contributed by atoms with E-state index in [-0.39, 0.29) is 23.1 Å². The van der Waals surface area contributed by atoms with Crippen molar-refractivity contribution in [2.45, 2.75) is 41.5 Å². The number of hydrogen-bond acceptors (Lipinski definition) is 12. The zero-order valence-electron chi connectivity index (χ0n) is 50.4. The highest BCUT2D eigenvalue weighted by atomic mass is 16.2. The van der Waals surface area contributed by atoms with Crippen LogP contribution in [0, 0.1) is 41.5 Å². The molecule has 0 fully saturated rings. The first-order valence-electron chi connectivity index (χ1n) is 29.5. The normalized spacial score (nSPS) is 12.2. The fourth-order valence-electron chi connectivity index (χ4n) is 12.5. The van der Waals surface area contributed by atoms with Crippen molar-refractivity contribution < 1.29 is 19.2 Å². The third-order valence-corrected chi connectivity index (χ3v) is 16.5. The maximum Gasteiger partial charge on any atom is 0.234 e. The number of Topliss-reactive ketones (excluding diaryl/α,β-unsaturated/α-hetero) is 4. The number of ketones is 4. The Kier molecular flexibility index (Phi) is 14.5. The summed E-state index contributed by atoms with van der Waals surface area (Å²) in [6, 6.07) is 67.4. The van der Waals surface area contributed by atoms with Gasteiger partial charge in [-0.05, 0) is 181 Å². The average Bonchev–Trinajstić information content (AvgIpc) is 1.60. The van der Waals surface area contributed by atoms with E-state index in [1.165, 1.54) is 60.5 Å². The molecular weight excluding hydrogens is 1110 g/mol. The van der Waals surface area contributed by atoms with Crippen molar-refractivity contribution in [1.82, 2.24) is 19.9 Å². The van der Waals surface area contributed by atoms with E-state index in [4.69, 9.17) is 42.9 Å². The standard InChI is InChI=1S/C20H14N2.C19H12N2.C14H10O2.C13H8O2.2C6H8N2/c1-11-7-13-8-12(2)10-15-18(13)14(9-11)19-20(15)22-17-6-4-3-5-16(17)21-19;1-11-9-12-5-4-6-13-17(12)14(10-11)19-18(13)20-15-7-2-3-8-16(15)21-19;1-7-3-9-4-8(2)6-11-12(9)10(5-7)13(15)14(11)16;1-7-5-8-3-2-4-9-11(8)10(6-7)13(15)12(9)14;2*7-5-3-1-2-4-6(5)8/h3-10H,1-2H3;2-10H,1H3;3-6H,1-2H3;2-6H,1H3;2*1-4H,7-8H2. The minimum atomic E-state index is -0.374. The molecule has 0 saturated carbocycles. The molecule has 4 aliphatic rings. The highest BCUT2D eigenvalue weighted by Crippen LogP contribution is 2.48. The zero-order chi connectivity index (χ0) is 62.8. The van der Waals surface area contributed by atoms with Crippen LogP contribution in [0.25, 0.3) is 110 Å². The van der Waals surface area contributed by atoms with Crippen LogP contribution in [-0.4, -0.2) is 43.1 Å². The fraction of sp³-hybridized carbons (Fsp3) is 0.0769. The van der Waals surface area contributed by atoms with Crippen LogP contribution < -0.4 is 22.9 Å². The van der Waals surface area contributed by atoms with E-state index in [9.17, 15) is 19.2 Å². The summed E-state index contributed by atoms with van der Waals surface area (Å²) in [5.41, 5.74) is 46.0. The topological polar surface area (TPSA) is 224 Å². The molecular formula is C78H60N8O4. The number of para-hydroxylation sites is 8. The van der Waals surface area contributed by atoms with Crippen LogP contribution in [0.5, 0.6) is 0 Å². The van der Waals surface area contributed by atoms with Gasteiger partial charge in [-0.25, -0.2) is 19.9 Å². The molecule has 0 radical (unpaired) electrons. The van der Waals surface area contributed by atoms with Crippen molar-refractivity contribution in [3.63, 3.8) is 0 Å². The van der Waals surface area contributed by atoms with Crippen LogP contribution in [0.4, 0.5) is 22.7 Å². The maximum absolute atomic E-state index is 11.8. The maximum atomic E-state index is 11.8. The Balaban J connectivity index is 0.000000103. The highest BCUT2D eigenvalue weighted by Gasteiger charge is 2.33. The van der Waals surface area contributed by atoms with Gasteiger partial charge in [0, 0.05) is 66.1 Å². The number of nitrogen functional groups attached to an aromatic ring is 4. The molecule has 2 heterocycles. The van der Waals surface area contributed by atoms with Gasteiger partial charge in [-0.3, -0.25) is 19.2 Å². The average molecular weight is 1170 g/mol. The summed E-state index contributed by atoms with van der Waals surface area (Å²) in [6.07, 6.45) is 0. The van der Waals surface area contributed by atoms with E-state index < -0.39 is 0 Å². The predicted octanol–water partition coefficient (Wildman–Crippen LogP) is 16.9. The molecule has 4 aliphatic carbocycles. The number of rotatable bonds is 0. The number of nitrogens with zero attached hydrogens (tertiary/aromatic N) is 4. The summed E-state index contributed by atoms with van der Waals surface area (Å²) in [7, 11) is 0. The number of aromatic nitrogens is 4. The van der Waals surface area contributed by atoms with E-state index in [0.717, 1.165) is 83.1 Å². The molecule has 12 heteroatoms. The van der Waals surface area contributed by atoms with E-state index in [1.54, 1.807) is 48.5 Å². The first-order valence-corrected chi connectivity index (χ1v) is 29.5. The van der Waals surface area contributed by atoms with Gasteiger partial charge in [-0.1, -0.05) is 121 Å². The van der Waals surface area contributed by atoms with Gasteiger partial charge in [0.15, 0.2) is 0 Å². The molecule has 14 aromatic rings. The quantitative estimate of drug-likeness (QED) is 0.0822. The lowest BCUT2D eigenvalue weighted by Crippen LogP contribution is -2.06. The van der Waals surface area contributed by atoms with E-state index in [2.05, 4.69) is 75.4 Å². The molecule has 12 nitrogen and oxygen atoms in total. The second-order valence-corrected chi connectivity index (χ2v) is 23.3. The summed E-state index contributed by atoms with van der Waals surface area (Å²) in [4.78, 5) is 66.4. The van der Waals surface area contributed by atoms with Crippen LogP contribution in [0.15, 0.2) is 206 Å². The molecule has 18 rings (SSSR count). The summed E-state index contributed by atoms with van der Waals surface area (Å²) >= 11 is 0. The van der Waals surface area contributed by atoms with E-state index in [0.29, 0.717) is 45.0 Å².